The van der Waals surface area contributed by atoms with E-state index in [2.05, 4.69) is 14.7 Å². The van der Waals surface area contributed by atoms with Gasteiger partial charge in [0.1, 0.15) is 6.61 Å². The van der Waals surface area contributed by atoms with Gasteiger partial charge in [-0.1, -0.05) is 24.3 Å². The summed E-state index contributed by atoms with van der Waals surface area (Å²) in [4.78, 5) is 19.7. The second-order valence-corrected chi connectivity index (χ2v) is 10.1. The molecule has 3 aromatic rings. The number of aliphatic hydroxyl groups excluding tert-OH is 1. The summed E-state index contributed by atoms with van der Waals surface area (Å²) in [6.45, 7) is 4.07. The molecular formula is C25H30N4O6S. The number of carboxylic acids is 1. The minimum atomic E-state index is -4.19. The molecule has 10 nitrogen and oxygen atoms in total. The maximum atomic E-state index is 13.0. The predicted octanol–water partition coefficient (Wildman–Crippen LogP) is 3.13. The molecule has 1 atom stereocenters. The molecule has 0 saturated carbocycles. The van der Waals surface area contributed by atoms with Gasteiger partial charge in [0.2, 0.25) is 11.8 Å². The van der Waals surface area contributed by atoms with Crippen LogP contribution < -0.4 is 15.2 Å². The largest absolute Gasteiger partial charge is 0.478 e. The van der Waals surface area contributed by atoms with E-state index < -0.39 is 16.0 Å². The molecule has 0 aliphatic heterocycles. The maximum absolute atomic E-state index is 13.0. The molecule has 36 heavy (non-hydrogen) atoms. The Morgan fingerprint density at radius 1 is 1.08 bits per heavy atom. The number of aryl methyl sites for hydroxylation is 2. The standard InChI is InChI=1S/C25H30N4O6S/c1-16-7-5-8-17(2)23(16)21-14-22(35-15-19(26)10-3-4-12-30)28-25(27-21)29-36(33,34)20-11-6-9-18(13-20)24(31)32/h5-9,11,13-14,19,30H,3-4,10,12,15,26H2,1-2H3,(H,31,32)(H,27,28,29)/t19-/m1/s1. The second kappa shape index (κ2) is 11.9. The van der Waals surface area contributed by atoms with Gasteiger partial charge in [0.25, 0.3) is 10.0 Å². The zero-order valence-corrected chi connectivity index (χ0v) is 21.0. The number of rotatable bonds is 12. The van der Waals surface area contributed by atoms with E-state index in [0.29, 0.717) is 18.5 Å². The lowest BCUT2D eigenvalue weighted by Crippen LogP contribution is -2.28. The number of ether oxygens (including phenoxy) is 1. The third-order valence-electron chi connectivity index (χ3n) is 5.49. The van der Waals surface area contributed by atoms with Crippen molar-refractivity contribution in [2.24, 2.45) is 5.73 Å². The van der Waals surface area contributed by atoms with E-state index in [9.17, 15) is 18.3 Å². The molecule has 0 aliphatic rings. The topological polar surface area (TPSA) is 165 Å². The van der Waals surface area contributed by atoms with Crippen LogP contribution in [0.1, 0.15) is 40.7 Å². The highest BCUT2D eigenvalue weighted by Gasteiger charge is 2.20. The molecule has 0 spiro atoms. The Morgan fingerprint density at radius 3 is 2.44 bits per heavy atom. The van der Waals surface area contributed by atoms with Crippen molar-refractivity contribution in [1.82, 2.24) is 9.97 Å². The Bertz CT molecular complexity index is 1310. The fourth-order valence-corrected chi connectivity index (χ4v) is 4.65. The summed E-state index contributed by atoms with van der Waals surface area (Å²) in [6.07, 6.45) is 2.04. The third kappa shape index (κ3) is 7.00. The van der Waals surface area contributed by atoms with Crippen LogP contribution in [-0.2, 0) is 10.0 Å². The van der Waals surface area contributed by atoms with Gasteiger partial charge >= 0.3 is 5.97 Å². The summed E-state index contributed by atoms with van der Waals surface area (Å²) in [7, 11) is -4.19. The molecule has 0 amide bonds. The average Bonchev–Trinajstić information content (AvgIpc) is 2.82. The fraction of sp³-hybridized carbons (Fsp3) is 0.320. The number of aromatic carboxylic acids is 1. The highest BCUT2D eigenvalue weighted by atomic mass is 32.2. The number of nitrogens with one attached hydrogen (secondary N) is 1. The quantitative estimate of drug-likeness (QED) is 0.266. The van der Waals surface area contributed by atoms with Crippen molar-refractivity contribution in [2.75, 3.05) is 17.9 Å². The second-order valence-electron chi connectivity index (χ2n) is 8.41. The van der Waals surface area contributed by atoms with Gasteiger partial charge in [0, 0.05) is 24.3 Å². The highest BCUT2D eigenvalue weighted by molar-refractivity contribution is 7.92. The number of unbranched alkanes of at least 4 members (excludes halogenated alkanes) is 1. The van der Waals surface area contributed by atoms with Crippen molar-refractivity contribution in [3.05, 3.63) is 65.2 Å². The number of anilines is 1. The zero-order chi connectivity index (χ0) is 26.3. The number of carboxylic acid groups (broad SMARTS) is 1. The van der Waals surface area contributed by atoms with Crippen molar-refractivity contribution >= 4 is 21.9 Å². The van der Waals surface area contributed by atoms with Gasteiger partial charge in [-0.05, 0) is 62.4 Å². The minimum Gasteiger partial charge on any atom is -0.478 e. The number of carbonyl (C=O) groups is 1. The number of aromatic nitrogens is 2. The Balaban J connectivity index is 1.96. The number of nitrogens with zero attached hydrogens (tertiary/aromatic N) is 2. The molecule has 192 valence electrons. The van der Waals surface area contributed by atoms with Crippen LogP contribution >= 0.6 is 0 Å². The fourth-order valence-electron chi connectivity index (χ4n) is 3.66. The lowest BCUT2D eigenvalue weighted by Gasteiger charge is -2.16. The van der Waals surface area contributed by atoms with Crippen molar-refractivity contribution in [3.8, 4) is 17.1 Å². The molecule has 0 unspecified atom stereocenters. The normalized spacial score (nSPS) is 12.2. The average molecular weight is 515 g/mol. The zero-order valence-electron chi connectivity index (χ0n) is 20.1. The summed E-state index contributed by atoms with van der Waals surface area (Å²) < 4.78 is 34.2. The van der Waals surface area contributed by atoms with Crippen LogP contribution in [0.15, 0.2) is 53.4 Å². The third-order valence-corrected chi connectivity index (χ3v) is 6.81. The lowest BCUT2D eigenvalue weighted by molar-refractivity contribution is 0.0696. The van der Waals surface area contributed by atoms with Crippen LogP contribution in [0.3, 0.4) is 0 Å². The molecule has 0 radical (unpaired) electrons. The first-order valence-electron chi connectivity index (χ1n) is 11.4. The molecule has 1 heterocycles. The summed E-state index contributed by atoms with van der Waals surface area (Å²) in [5.41, 5.74) is 9.08. The number of aliphatic hydroxyl groups is 1. The van der Waals surface area contributed by atoms with Crippen LogP contribution in [-0.4, -0.2) is 53.8 Å². The van der Waals surface area contributed by atoms with Crippen LogP contribution in [0.25, 0.3) is 11.3 Å². The lowest BCUT2D eigenvalue weighted by atomic mass is 10.00. The van der Waals surface area contributed by atoms with E-state index in [1.807, 2.05) is 32.0 Å². The smallest absolute Gasteiger partial charge is 0.335 e. The maximum Gasteiger partial charge on any atom is 0.335 e. The summed E-state index contributed by atoms with van der Waals surface area (Å²) in [5, 5.41) is 18.2. The van der Waals surface area contributed by atoms with Gasteiger partial charge in [-0.3, -0.25) is 0 Å². The highest BCUT2D eigenvalue weighted by Crippen LogP contribution is 2.29. The Morgan fingerprint density at radius 2 is 1.78 bits per heavy atom. The molecule has 0 aliphatic carbocycles. The van der Waals surface area contributed by atoms with Crippen LogP contribution in [0.4, 0.5) is 5.95 Å². The first-order chi connectivity index (χ1) is 17.1. The Labute approximate surface area is 210 Å². The predicted molar refractivity (Wildman–Crippen MR) is 136 cm³/mol. The van der Waals surface area contributed by atoms with E-state index in [1.54, 1.807) is 6.07 Å². The van der Waals surface area contributed by atoms with Crippen LogP contribution in [0.5, 0.6) is 5.88 Å². The minimum absolute atomic E-state index is 0.0947. The van der Waals surface area contributed by atoms with Gasteiger partial charge < -0.3 is 20.7 Å². The first kappa shape index (κ1) is 27.1. The van der Waals surface area contributed by atoms with Crippen molar-refractivity contribution in [3.63, 3.8) is 0 Å². The van der Waals surface area contributed by atoms with Crippen LogP contribution in [0, 0.1) is 13.8 Å². The molecule has 0 bridgehead atoms. The Kier molecular flexibility index (Phi) is 8.97. The van der Waals surface area contributed by atoms with Gasteiger partial charge in [0.15, 0.2) is 0 Å². The molecule has 1 aromatic heterocycles. The Hall–Kier alpha value is -3.54. The first-order valence-corrected chi connectivity index (χ1v) is 12.9. The SMILES string of the molecule is Cc1cccc(C)c1-c1cc(OC[C@H](N)CCCCO)nc(NS(=O)(=O)c2cccc(C(=O)O)c2)n1. The molecule has 11 heteroatoms. The number of hydrogen-bond donors (Lipinski definition) is 4. The molecular weight excluding hydrogens is 484 g/mol. The number of hydrogen-bond acceptors (Lipinski definition) is 8. The molecule has 0 fully saturated rings. The van der Waals surface area contributed by atoms with E-state index in [4.69, 9.17) is 15.6 Å². The van der Waals surface area contributed by atoms with Crippen LogP contribution in [0.2, 0.25) is 0 Å². The number of sulfonamides is 1. The van der Waals surface area contributed by atoms with Gasteiger partial charge in [-0.25, -0.2) is 22.9 Å². The van der Waals surface area contributed by atoms with Gasteiger partial charge in [-0.15, -0.1) is 0 Å². The van der Waals surface area contributed by atoms with Crippen molar-refractivity contribution < 1.29 is 28.2 Å². The monoisotopic (exact) mass is 514 g/mol. The van der Waals surface area contributed by atoms with E-state index in [1.165, 1.54) is 18.2 Å². The van der Waals surface area contributed by atoms with E-state index in [0.717, 1.165) is 29.2 Å². The van der Waals surface area contributed by atoms with Gasteiger partial charge in [0.05, 0.1) is 16.2 Å². The summed E-state index contributed by atoms with van der Waals surface area (Å²) in [6, 6.07) is 12.1. The summed E-state index contributed by atoms with van der Waals surface area (Å²) >= 11 is 0. The molecule has 5 N–H and O–H groups in total. The number of nitrogens with two attached hydrogens (primary N) is 1. The van der Waals surface area contributed by atoms with Gasteiger partial charge in [-0.2, -0.15) is 4.98 Å². The molecule has 0 saturated heterocycles. The number of benzene rings is 2. The van der Waals surface area contributed by atoms with E-state index in [-0.39, 0.29) is 41.5 Å². The molecule has 2 aromatic carbocycles. The van der Waals surface area contributed by atoms with E-state index >= 15 is 0 Å². The van der Waals surface area contributed by atoms with Crippen molar-refractivity contribution in [1.29, 1.82) is 0 Å². The van der Waals surface area contributed by atoms with Crippen molar-refractivity contribution in [2.45, 2.75) is 44.0 Å². The molecule has 3 rings (SSSR count). The summed E-state index contributed by atoms with van der Waals surface area (Å²) in [5.74, 6) is -1.33.